The van der Waals surface area contributed by atoms with Crippen molar-refractivity contribution >= 4 is 12.1 Å². The molecule has 3 N–H and O–H groups in total. The van der Waals surface area contributed by atoms with Crippen molar-refractivity contribution in [3.05, 3.63) is 77.4 Å². The van der Waals surface area contributed by atoms with E-state index in [2.05, 4.69) is 11.1 Å². The van der Waals surface area contributed by atoms with Crippen LogP contribution in [0.2, 0.25) is 0 Å². The SMILES string of the molecule is CC(O)(CC(N)=O)C1(Cc2ccc(OCc3cccc(C#N)c3)cc2)C=CC=N1. The molecule has 2 aromatic carbocycles. The third-order valence-corrected chi connectivity index (χ3v) is 5.07. The summed E-state index contributed by atoms with van der Waals surface area (Å²) in [5, 5.41) is 19.9. The van der Waals surface area contributed by atoms with Gasteiger partial charge in [-0.15, -0.1) is 0 Å². The summed E-state index contributed by atoms with van der Waals surface area (Å²) in [5.74, 6) is 0.119. The molecule has 0 saturated heterocycles. The van der Waals surface area contributed by atoms with Crippen LogP contribution in [0.25, 0.3) is 0 Å². The number of hydrogen-bond donors (Lipinski definition) is 2. The Hall–Kier alpha value is -3.43. The molecule has 2 aromatic rings. The number of carbonyl (C=O) groups excluding carboxylic acids is 1. The quantitative estimate of drug-likeness (QED) is 0.723. The number of nitriles is 1. The minimum atomic E-state index is -1.40. The molecule has 148 valence electrons. The second-order valence-corrected chi connectivity index (χ2v) is 7.40. The lowest BCUT2D eigenvalue weighted by Gasteiger charge is -2.38. The van der Waals surface area contributed by atoms with Gasteiger partial charge in [0.25, 0.3) is 0 Å². The van der Waals surface area contributed by atoms with E-state index in [1.165, 1.54) is 0 Å². The third-order valence-electron chi connectivity index (χ3n) is 5.07. The number of nitrogens with zero attached hydrogens (tertiary/aromatic N) is 2. The molecule has 1 amide bonds. The summed E-state index contributed by atoms with van der Waals surface area (Å²) in [6.45, 7) is 1.94. The maximum atomic E-state index is 11.4. The highest BCUT2D eigenvalue weighted by molar-refractivity contribution is 5.78. The van der Waals surface area contributed by atoms with Crippen LogP contribution in [0.1, 0.15) is 30.0 Å². The molecule has 1 aliphatic rings. The largest absolute Gasteiger partial charge is 0.489 e. The van der Waals surface area contributed by atoms with Crippen LogP contribution in [-0.4, -0.2) is 28.4 Å². The Morgan fingerprint density at radius 3 is 2.66 bits per heavy atom. The lowest BCUT2D eigenvalue weighted by molar-refractivity contribution is -0.124. The predicted octanol–water partition coefficient (Wildman–Crippen LogP) is 2.69. The van der Waals surface area contributed by atoms with Gasteiger partial charge < -0.3 is 15.6 Å². The second kappa shape index (κ2) is 8.29. The highest BCUT2D eigenvalue weighted by atomic mass is 16.5. The van der Waals surface area contributed by atoms with E-state index in [-0.39, 0.29) is 6.42 Å². The summed E-state index contributed by atoms with van der Waals surface area (Å²) in [6, 6.07) is 16.9. The van der Waals surface area contributed by atoms with Crippen LogP contribution in [0.5, 0.6) is 5.75 Å². The number of allylic oxidation sites excluding steroid dienone is 1. The van der Waals surface area contributed by atoms with Crippen molar-refractivity contribution in [1.82, 2.24) is 0 Å². The molecular weight excluding hydrogens is 366 g/mol. The number of aliphatic imine (C=N–C) groups is 1. The van der Waals surface area contributed by atoms with Gasteiger partial charge in [0.15, 0.2) is 0 Å². The average Bonchev–Trinajstić information content (AvgIpc) is 3.17. The van der Waals surface area contributed by atoms with E-state index in [9.17, 15) is 9.90 Å². The van der Waals surface area contributed by atoms with Crippen molar-refractivity contribution in [1.29, 1.82) is 5.26 Å². The van der Waals surface area contributed by atoms with E-state index in [0.29, 0.717) is 24.3 Å². The number of ether oxygens (including phenoxy) is 1. The Morgan fingerprint density at radius 1 is 1.28 bits per heavy atom. The molecule has 6 heteroatoms. The monoisotopic (exact) mass is 389 g/mol. The van der Waals surface area contributed by atoms with Gasteiger partial charge in [0.05, 0.1) is 23.7 Å². The summed E-state index contributed by atoms with van der Waals surface area (Å²) in [4.78, 5) is 15.8. The molecule has 3 rings (SSSR count). The summed E-state index contributed by atoms with van der Waals surface area (Å²) >= 11 is 0. The van der Waals surface area contributed by atoms with E-state index < -0.39 is 17.0 Å². The molecule has 2 atom stereocenters. The van der Waals surface area contributed by atoms with E-state index in [0.717, 1.165) is 11.1 Å². The van der Waals surface area contributed by atoms with E-state index >= 15 is 0 Å². The Kier molecular flexibility index (Phi) is 5.81. The van der Waals surface area contributed by atoms with Gasteiger partial charge >= 0.3 is 0 Å². The maximum absolute atomic E-state index is 11.4. The zero-order chi connectivity index (χ0) is 20.9. The molecule has 0 bridgehead atoms. The summed E-state index contributed by atoms with van der Waals surface area (Å²) in [7, 11) is 0. The number of nitrogens with two attached hydrogens (primary N) is 1. The number of rotatable bonds is 8. The normalized spacial score (nSPS) is 19.5. The molecule has 0 aromatic heterocycles. The van der Waals surface area contributed by atoms with Crippen molar-refractivity contribution in [2.75, 3.05) is 0 Å². The van der Waals surface area contributed by atoms with Crippen LogP contribution in [0, 0.1) is 11.3 Å². The van der Waals surface area contributed by atoms with Gasteiger partial charge in [-0.3, -0.25) is 9.79 Å². The second-order valence-electron chi connectivity index (χ2n) is 7.40. The van der Waals surface area contributed by atoms with Crippen LogP contribution >= 0.6 is 0 Å². The summed E-state index contributed by atoms with van der Waals surface area (Å²) < 4.78 is 5.80. The highest BCUT2D eigenvalue weighted by Gasteiger charge is 2.47. The molecule has 29 heavy (non-hydrogen) atoms. The van der Waals surface area contributed by atoms with Gasteiger partial charge in [-0.1, -0.05) is 30.3 Å². The molecule has 6 nitrogen and oxygen atoms in total. The van der Waals surface area contributed by atoms with Gasteiger partial charge in [0, 0.05) is 12.6 Å². The lowest BCUT2D eigenvalue weighted by atomic mass is 9.75. The standard InChI is InChI=1S/C23H23N3O3/c1-22(28,14-21(25)27)23(10-3-11-26-23)13-17-6-8-20(9-7-17)29-16-19-5-2-4-18(12-19)15-24/h2-12,28H,13-14,16H2,1H3,(H2,25,27). The Morgan fingerprint density at radius 2 is 2.03 bits per heavy atom. The minimum absolute atomic E-state index is 0.183. The van der Waals surface area contributed by atoms with Crippen LogP contribution in [0.4, 0.5) is 0 Å². The summed E-state index contributed by atoms with van der Waals surface area (Å²) in [5.41, 5.74) is 5.42. The molecule has 0 fully saturated rings. The number of carbonyl (C=O) groups is 1. The molecule has 0 saturated carbocycles. The Labute approximate surface area is 170 Å². The number of benzene rings is 2. The average molecular weight is 389 g/mol. The summed E-state index contributed by atoms with van der Waals surface area (Å²) in [6.07, 6.45) is 5.44. The van der Waals surface area contributed by atoms with Gasteiger partial charge in [-0.05, 0) is 48.4 Å². The van der Waals surface area contributed by atoms with Gasteiger partial charge in [0.2, 0.25) is 5.91 Å². The fourth-order valence-corrected chi connectivity index (χ4v) is 3.44. The molecule has 1 aliphatic heterocycles. The van der Waals surface area contributed by atoms with Gasteiger partial charge in [-0.25, -0.2) is 0 Å². The first kappa shape index (κ1) is 20.3. The van der Waals surface area contributed by atoms with Crippen LogP contribution < -0.4 is 10.5 Å². The van der Waals surface area contributed by atoms with E-state index in [1.807, 2.05) is 42.5 Å². The molecule has 2 unspecified atom stereocenters. The zero-order valence-electron chi connectivity index (χ0n) is 16.2. The first-order chi connectivity index (χ1) is 13.8. The zero-order valence-corrected chi connectivity index (χ0v) is 16.2. The first-order valence-corrected chi connectivity index (χ1v) is 9.28. The first-order valence-electron chi connectivity index (χ1n) is 9.28. The Bertz CT molecular complexity index is 973. The molecule has 0 radical (unpaired) electrons. The maximum Gasteiger partial charge on any atom is 0.220 e. The number of aliphatic hydroxyl groups is 1. The predicted molar refractivity (Wildman–Crippen MR) is 110 cm³/mol. The molecule has 0 spiro atoms. The minimum Gasteiger partial charge on any atom is -0.489 e. The van der Waals surface area contributed by atoms with Gasteiger partial charge in [-0.2, -0.15) is 5.26 Å². The van der Waals surface area contributed by atoms with Crippen molar-refractivity contribution in [2.24, 2.45) is 10.7 Å². The number of amides is 1. The fraction of sp³-hybridized carbons (Fsp3) is 0.261. The molecular formula is C23H23N3O3. The molecule has 0 aliphatic carbocycles. The Balaban J connectivity index is 1.69. The van der Waals surface area contributed by atoms with Crippen molar-refractivity contribution in [2.45, 2.75) is 37.5 Å². The molecule has 1 heterocycles. The number of hydrogen-bond acceptors (Lipinski definition) is 5. The van der Waals surface area contributed by atoms with E-state index in [4.69, 9.17) is 15.7 Å². The lowest BCUT2D eigenvalue weighted by Crippen LogP contribution is -2.52. The third kappa shape index (κ3) is 4.71. The van der Waals surface area contributed by atoms with Crippen LogP contribution in [0.15, 0.2) is 65.7 Å². The smallest absolute Gasteiger partial charge is 0.220 e. The number of primary amides is 1. The fourth-order valence-electron chi connectivity index (χ4n) is 3.44. The highest BCUT2D eigenvalue weighted by Crippen LogP contribution is 2.36. The topological polar surface area (TPSA) is 109 Å². The van der Waals surface area contributed by atoms with Crippen LogP contribution in [-0.2, 0) is 17.8 Å². The van der Waals surface area contributed by atoms with Gasteiger partial charge in [0.1, 0.15) is 17.9 Å². The van der Waals surface area contributed by atoms with Crippen LogP contribution in [0.3, 0.4) is 0 Å². The van der Waals surface area contributed by atoms with Crippen molar-refractivity contribution in [3.63, 3.8) is 0 Å². The van der Waals surface area contributed by atoms with E-state index in [1.54, 1.807) is 31.3 Å². The van der Waals surface area contributed by atoms with Crippen molar-refractivity contribution < 1.29 is 14.6 Å². The van der Waals surface area contributed by atoms with Crippen molar-refractivity contribution in [3.8, 4) is 11.8 Å².